The van der Waals surface area contributed by atoms with Crippen molar-refractivity contribution in [2.45, 2.75) is 38.9 Å². The van der Waals surface area contributed by atoms with Crippen LogP contribution in [0.15, 0.2) is 0 Å². The maximum absolute atomic E-state index is 11.9. The van der Waals surface area contributed by atoms with Crippen LogP contribution in [0.25, 0.3) is 0 Å². The average Bonchev–Trinajstić information content (AvgIpc) is 1.96. The molecule has 1 heterocycles. The van der Waals surface area contributed by atoms with Crippen LogP contribution in [-0.2, 0) is 4.74 Å². The molecule has 0 unspecified atom stereocenters. The number of rotatable bonds is 0. The van der Waals surface area contributed by atoms with E-state index in [1.54, 1.807) is 19.0 Å². The van der Waals surface area contributed by atoms with E-state index < -0.39 is 0 Å². The molecule has 0 aliphatic carbocycles. The molecular formula is C11H22N2O2. The molecule has 15 heavy (non-hydrogen) atoms. The lowest BCUT2D eigenvalue weighted by Gasteiger charge is -2.47. The highest BCUT2D eigenvalue weighted by Gasteiger charge is 2.40. The summed E-state index contributed by atoms with van der Waals surface area (Å²) in [5.41, 5.74) is -0.541. The fraction of sp³-hybridized carbons (Fsp3) is 0.909. The second-order valence-corrected chi connectivity index (χ2v) is 5.65. The van der Waals surface area contributed by atoms with Crippen molar-refractivity contribution in [3.8, 4) is 0 Å². The first kappa shape index (κ1) is 12.3. The predicted octanol–water partition coefficient (Wildman–Crippen LogP) is 1.56. The van der Waals surface area contributed by atoms with E-state index in [9.17, 15) is 4.79 Å². The van der Waals surface area contributed by atoms with Gasteiger partial charge in [-0.25, -0.2) is 4.79 Å². The van der Waals surface area contributed by atoms with Gasteiger partial charge in [-0.2, -0.15) is 0 Å². The van der Waals surface area contributed by atoms with E-state index in [1.165, 1.54) is 0 Å². The van der Waals surface area contributed by atoms with E-state index >= 15 is 0 Å². The summed E-state index contributed by atoms with van der Waals surface area (Å²) >= 11 is 0. The Kier molecular flexibility index (Phi) is 3.01. The van der Waals surface area contributed by atoms with Gasteiger partial charge in [0.05, 0.1) is 24.3 Å². The van der Waals surface area contributed by atoms with Gasteiger partial charge in [-0.15, -0.1) is 0 Å². The Morgan fingerprint density at radius 2 is 1.53 bits per heavy atom. The normalized spacial score (nSPS) is 23.7. The molecule has 0 aromatic heterocycles. The summed E-state index contributed by atoms with van der Waals surface area (Å²) in [6.07, 6.45) is 0. The number of urea groups is 1. The highest BCUT2D eigenvalue weighted by molar-refractivity contribution is 5.74. The lowest BCUT2D eigenvalue weighted by atomic mass is 9.99. The van der Waals surface area contributed by atoms with E-state index in [0.717, 1.165) is 0 Å². The van der Waals surface area contributed by atoms with Crippen molar-refractivity contribution < 1.29 is 9.53 Å². The van der Waals surface area contributed by atoms with Gasteiger partial charge >= 0.3 is 6.03 Å². The van der Waals surface area contributed by atoms with E-state index in [0.29, 0.717) is 13.1 Å². The van der Waals surface area contributed by atoms with Crippen molar-refractivity contribution in [1.82, 2.24) is 9.80 Å². The van der Waals surface area contributed by atoms with Crippen molar-refractivity contribution in [2.24, 2.45) is 0 Å². The van der Waals surface area contributed by atoms with Crippen LogP contribution in [0, 0.1) is 0 Å². The molecule has 4 nitrogen and oxygen atoms in total. The molecule has 1 aliphatic rings. The second-order valence-electron chi connectivity index (χ2n) is 5.65. The van der Waals surface area contributed by atoms with Crippen molar-refractivity contribution in [1.29, 1.82) is 0 Å². The lowest BCUT2D eigenvalue weighted by Crippen LogP contribution is -2.60. The number of nitrogens with zero attached hydrogens (tertiary/aromatic N) is 2. The van der Waals surface area contributed by atoms with Gasteiger partial charge < -0.3 is 14.5 Å². The largest absolute Gasteiger partial charge is 0.366 e. The van der Waals surface area contributed by atoms with Crippen LogP contribution in [0.3, 0.4) is 0 Å². The predicted molar refractivity (Wildman–Crippen MR) is 59.9 cm³/mol. The Hall–Kier alpha value is -0.770. The molecular weight excluding hydrogens is 192 g/mol. The number of carbonyl (C=O) groups excluding carboxylic acids is 1. The summed E-state index contributed by atoms with van der Waals surface area (Å²) in [6, 6.07) is 0.0550. The molecule has 0 N–H and O–H groups in total. The molecule has 2 amide bonds. The van der Waals surface area contributed by atoms with Gasteiger partial charge in [0.1, 0.15) is 0 Å². The minimum absolute atomic E-state index is 0.0550. The van der Waals surface area contributed by atoms with E-state index in [1.807, 2.05) is 32.6 Å². The van der Waals surface area contributed by atoms with Crippen LogP contribution in [-0.4, -0.2) is 54.2 Å². The third kappa shape index (κ3) is 3.09. The smallest absolute Gasteiger partial charge is 0.319 e. The monoisotopic (exact) mass is 214 g/mol. The first-order chi connectivity index (χ1) is 6.63. The summed E-state index contributed by atoms with van der Waals surface area (Å²) < 4.78 is 5.91. The van der Waals surface area contributed by atoms with E-state index in [-0.39, 0.29) is 17.2 Å². The van der Waals surface area contributed by atoms with Crippen LogP contribution in [0.5, 0.6) is 0 Å². The van der Waals surface area contributed by atoms with Gasteiger partial charge in [-0.1, -0.05) is 0 Å². The number of carbonyl (C=O) groups is 1. The van der Waals surface area contributed by atoms with E-state index in [2.05, 4.69) is 0 Å². The minimum atomic E-state index is -0.270. The summed E-state index contributed by atoms with van der Waals surface area (Å²) in [4.78, 5) is 15.3. The Morgan fingerprint density at radius 3 is 1.87 bits per heavy atom. The number of morpholine rings is 1. The van der Waals surface area contributed by atoms with Crippen LogP contribution in [0.2, 0.25) is 0 Å². The van der Waals surface area contributed by atoms with Gasteiger partial charge in [0, 0.05) is 14.1 Å². The summed E-state index contributed by atoms with van der Waals surface area (Å²) in [5, 5.41) is 0. The van der Waals surface area contributed by atoms with Gasteiger partial charge in [-0.05, 0) is 27.7 Å². The maximum Gasteiger partial charge on any atom is 0.319 e. The summed E-state index contributed by atoms with van der Waals surface area (Å²) in [5.74, 6) is 0. The highest BCUT2D eigenvalue weighted by Crippen LogP contribution is 2.28. The van der Waals surface area contributed by atoms with Crippen LogP contribution in [0.1, 0.15) is 27.7 Å². The third-order valence-electron chi connectivity index (χ3n) is 2.35. The number of ether oxygens (including phenoxy) is 1. The van der Waals surface area contributed by atoms with Crippen molar-refractivity contribution in [3.63, 3.8) is 0 Å². The topological polar surface area (TPSA) is 32.8 Å². The number of amides is 2. The van der Waals surface area contributed by atoms with Crippen LogP contribution < -0.4 is 0 Å². The number of hydrogen-bond acceptors (Lipinski definition) is 2. The first-order valence-electron chi connectivity index (χ1n) is 5.29. The molecule has 0 radical (unpaired) electrons. The zero-order valence-electron chi connectivity index (χ0n) is 10.6. The molecule has 0 bridgehead atoms. The molecule has 0 aromatic carbocycles. The SMILES string of the molecule is CN(C)C(=O)N1CC(C)(C)OC(C)(C)C1. The summed E-state index contributed by atoms with van der Waals surface area (Å²) in [6.45, 7) is 9.36. The van der Waals surface area contributed by atoms with Crippen molar-refractivity contribution in [3.05, 3.63) is 0 Å². The molecule has 1 rings (SSSR count). The molecule has 0 spiro atoms. The van der Waals surface area contributed by atoms with Crippen LogP contribution in [0.4, 0.5) is 4.79 Å². The lowest BCUT2D eigenvalue weighted by molar-refractivity contribution is -0.171. The zero-order chi connectivity index (χ0) is 11.9. The molecule has 0 aromatic rings. The molecule has 1 fully saturated rings. The molecule has 0 saturated carbocycles. The quantitative estimate of drug-likeness (QED) is 0.613. The first-order valence-corrected chi connectivity index (χ1v) is 5.29. The van der Waals surface area contributed by atoms with Gasteiger partial charge in [0.2, 0.25) is 0 Å². The fourth-order valence-electron chi connectivity index (χ4n) is 2.21. The molecule has 88 valence electrons. The molecule has 1 aliphatic heterocycles. The fourth-order valence-corrected chi connectivity index (χ4v) is 2.21. The Morgan fingerprint density at radius 1 is 1.13 bits per heavy atom. The van der Waals surface area contributed by atoms with Gasteiger partial charge in [-0.3, -0.25) is 0 Å². The van der Waals surface area contributed by atoms with Gasteiger partial charge in [0.15, 0.2) is 0 Å². The van der Waals surface area contributed by atoms with Gasteiger partial charge in [0.25, 0.3) is 0 Å². The van der Waals surface area contributed by atoms with E-state index in [4.69, 9.17) is 4.74 Å². The Balaban J connectivity index is 2.80. The molecule has 1 saturated heterocycles. The molecule has 0 atom stereocenters. The average molecular weight is 214 g/mol. The Bertz CT molecular complexity index is 243. The van der Waals surface area contributed by atoms with Crippen LogP contribution >= 0.6 is 0 Å². The standard InChI is InChI=1S/C11H22N2O2/c1-10(2)7-13(9(14)12(5)6)8-11(3,4)15-10/h7-8H2,1-6H3. The Labute approximate surface area is 92.2 Å². The minimum Gasteiger partial charge on any atom is -0.366 e. The molecule has 4 heteroatoms. The number of hydrogen-bond donors (Lipinski definition) is 0. The maximum atomic E-state index is 11.9. The summed E-state index contributed by atoms with van der Waals surface area (Å²) in [7, 11) is 3.55. The van der Waals surface area contributed by atoms with Crippen molar-refractivity contribution in [2.75, 3.05) is 27.2 Å². The second kappa shape index (κ2) is 3.67. The van der Waals surface area contributed by atoms with Crippen molar-refractivity contribution >= 4 is 6.03 Å². The third-order valence-corrected chi connectivity index (χ3v) is 2.35. The highest BCUT2D eigenvalue weighted by atomic mass is 16.5. The zero-order valence-corrected chi connectivity index (χ0v) is 10.6.